The molecule has 1 amide bonds. The second kappa shape index (κ2) is 7.78. The minimum absolute atomic E-state index is 0.0634. The zero-order valence-electron chi connectivity index (χ0n) is 16.0. The van der Waals surface area contributed by atoms with Gasteiger partial charge in [-0.05, 0) is 25.1 Å². The van der Waals surface area contributed by atoms with E-state index in [-0.39, 0.29) is 29.4 Å². The molecule has 1 aliphatic rings. The average molecular weight is 452 g/mol. The topological polar surface area (TPSA) is 115 Å². The second-order valence-corrected chi connectivity index (χ2v) is 9.54. The van der Waals surface area contributed by atoms with Crippen molar-refractivity contribution < 1.29 is 26.9 Å². The minimum Gasteiger partial charge on any atom is -0.495 e. The van der Waals surface area contributed by atoms with Crippen LogP contribution in [0.5, 0.6) is 5.75 Å². The number of nitrogens with one attached hydrogen (secondary N) is 1. The fourth-order valence-corrected chi connectivity index (χ4v) is 5.73. The molecule has 158 valence electrons. The van der Waals surface area contributed by atoms with Crippen LogP contribution in [0, 0.1) is 12.7 Å². The van der Waals surface area contributed by atoms with Gasteiger partial charge >= 0.3 is 0 Å². The molecular weight excluding hydrogens is 435 g/mol. The summed E-state index contributed by atoms with van der Waals surface area (Å²) in [5.74, 6) is -0.556. The zero-order chi connectivity index (χ0) is 21.5. The third-order valence-electron chi connectivity index (χ3n) is 4.52. The molecule has 9 nitrogen and oxygen atoms in total. The Morgan fingerprint density at radius 1 is 1.37 bits per heavy atom. The summed E-state index contributed by atoms with van der Waals surface area (Å²) >= 11 is 1.18. The normalized spacial score (nSPS) is 14.4. The van der Waals surface area contributed by atoms with E-state index in [1.807, 2.05) is 0 Å². The first kappa shape index (κ1) is 20.4. The minimum atomic E-state index is -3.99. The Morgan fingerprint density at radius 2 is 2.17 bits per heavy atom. The van der Waals surface area contributed by atoms with Gasteiger partial charge in [-0.2, -0.15) is 4.31 Å². The summed E-state index contributed by atoms with van der Waals surface area (Å²) in [5, 5.41) is 6.64. The smallest absolute Gasteiger partial charge is 0.279 e. The number of thiazole rings is 1. The van der Waals surface area contributed by atoms with Crippen molar-refractivity contribution in [3.63, 3.8) is 0 Å². The maximum atomic E-state index is 13.7. The molecule has 4 rings (SSSR count). The Labute approximate surface area is 175 Å². The third-order valence-corrected chi connectivity index (χ3v) is 7.38. The van der Waals surface area contributed by atoms with Crippen LogP contribution in [0.2, 0.25) is 0 Å². The number of carbonyl (C=O) groups is 1. The first-order chi connectivity index (χ1) is 14.3. The summed E-state index contributed by atoms with van der Waals surface area (Å²) in [4.78, 5) is 17.1. The van der Waals surface area contributed by atoms with E-state index in [0.29, 0.717) is 27.9 Å². The molecule has 0 atom stereocenters. The molecule has 0 aliphatic carbocycles. The molecule has 3 aromatic rings. The van der Waals surface area contributed by atoms with Crippen LogP contribution in [0.25, 0.3) is 0 Å². The molecule has 0 saturated heterocycles. The molecule has 0 fully saturated rings. The van der Waals surface area contributed by atoms with Crippen molar-refractivity contribution in [1.82, 2.24) is 14.4 Å². The van der Waals surface area contributed by atoms with E-state index >= 15 is 0 Å². The van der Waals surface area contributed by atoms with Gasteiger partial charge in [0.15, 0.2) is 10.8 Å². The fourth-order valence-electron chi connectivity index (χ4n) is 3.06. The molecule has 1 N–H and O–H groups in total. The molecular formula is C18H17FN4O5S2. The monoisotopic (exact) mass is 452 g/mol. The van der Waals surface area contributed by atoms with Gasteiger partial charge in [0.05, 0.1) is 19.3 Å². The number of rotatable bonds is 5. The Balaban J connectivity index is 1.55. The quantitative estimate of drug-likeness (QED) is 0.633. The highest BCUT2D eigenvalue weighted by atomic mass is 32.2. The zero-order valence-corrected chi connectivity index (χ0v) is 17.6. The summed E-state index contributed by atoms with van der Waals surface area (Å²) in [6.07, 6.45) is 0.363. The number of hydrogen-bond donors (Lipinski definition) is 1. The van der Waals surface area contributed by atoms with Crippen LogP contribution in [-0.2, 0) is 23.0 Å². The number of ether oxygens (including phenoxy) is 1. The van der Waals surface area contributed by atoms with Crippen LogP contribution in [0.1, 0.15) is 26.8 Å². The first-order valence-electron chi connectivity index (χ1n) is 8.85. The molecule has 1 aromatic carbocycles. The van der Waals surface area contributed by atoms with E-state index in [2.05, 4.69) is 15.5 Å². The van der Waals surface area contributed by atoms with E-state index in [9.17, 15) is 17.6 Å². The van der Waals surface area contributed by atoms with Gasteiger partial charge in [-0.15, -0.1) is 11.3 Å². The molecule has 0 spiro atoms. The number of aryl methyl sites for hydroxylation is 1. The van der Waals surface area contributed by atoms with Gasteiger partial charge in [0.2, 0.25) is 10.0 Å². The number of sulfonamides is 1. The molecule has 0 unspecified atom stereocenters. The van der Waals surface area contributed by atoms with Crippen molar-refractivity contribution in [3.8, 4) is 5.75 Å². The first-order valence-corrected chi connectivity index (χ1v) is 11.1. The van der Waals surface area contributed by atoms with Crippen LogP contribution in [-0.4, -0.2) is 42.4 Å². The van der Waals surface area contributed by atoms with Gasteiger partial charge < -0.3 is 9.26 Å². The predicted molar refractivity (Wildman–Crippen MR) is 106 cm³/mol. The van der Waals surface area contributed by atoms with E-state index in [1.54, 1.807) is 6.92 Å². The number of nitrogens with zero attached hydrogens (tertiary/aromatic N) is 3. The molecule has 3 heterocycles. The molecule has 1 aliphatic heterocycles. The standard InChI is InChI=1S/C18H17FN4O5S2/c1-10-7-13(22-28-10)17(24)21-18-20-12-5-6-23(9-15(12)29-18)30(25,26)16-8-11(19)3-4-14(16)27-2/h3-4,7-8H,5-6,9H2,1-2H3,(H,20,21,24). The molecule has 0 bridgehead atoms. The van der Waals surface area contributed by atoms with Crippen molar-refractivity contribution in [1.29, 1.82) is 0 Å². The Bertz CT molecular complexity index is 1220. The maximum Gasteiger partial charge on any atom is 0.279 e. The number of carbonyl (C=O) groups excluding carboxylic acids is 1. The summed E-state index contributed by atoms with van der Waals surface area (Å²) in [7, 11) is -2.66. The van der Waals surface area contributed by atoms with Crippen molar-refractivity contribution in [2.75, 3.05) is 19.0 Å². The highest BCUT2D eigenvalue weighted by molar-refractivity contribution is 7.89. The number of benzene rings is 1. The van der Waals surface area contributed by atoms with Crippen molar-refractivity contribution in [2.24, 2.45) is 0 Å². The number of halogens is 1. The summed E-state index contributed by atoms with van der Waals surface area (Å²) < 4.78 is 51.1. The van der Waals surface area contributed by atoms with Crippen LogP contribution < -0.4 is 10.1 Å². The van der Waals surface area contributed by atoms with Gasteiger partial charge in [0, 0.05) is 23.9 Å². The van der Waals surface area contributed by atoms with Crippen molar-refractivity contribution in [2.45, 2.75) is 24.8 Å². The van der Waals surface area contributed by atoms with E-state index in [4.69, 9.17) is 9.26 Å². The van der Waals surface area contributed by atoms with Crippen LogP contribution in [0.15, 0.2) is 33.7 Å². The largest absolute Gasteiger partial charge is 0.495 e. The number of methoxy groups -OCH3 is 1. The summed E-state index contributed by atoms with van der Waals surface area (Å²) in [6, 6.07) is 4.87. The third kappa shape index (κ3) is 3.80. The molecule has 0 saturated carbocycles. The Morgan fingerprint density at radius 3 is 2.87 bits per heavy atom. The van der Waals surface area contributed by atoms with Crippen molar-refractivity contribution in [3.05, 3.63) is 52.1 Å². The van der Waals surface area contributed by atoms with Crippen LogP contribution in [0.4, 0.5) is 9.52 Å². The van der Waals surface area contributed by atoms with Gasteiger partial charge in [0.25, 0.3) is 5.91 Å². The molecule has 30 heavy (non-hydrogen) atoms. The van der Waals surface area contributed by atoms with Crippen LogP contribution >= 0.6 is 11.3 Å². The van der Waals surface area contributed by atoms with Gasteiger partial charge in [-0.25, -0.2) is 17.8 Å². The molecule has 0 radical (unpaired) electrons. The lowest BCUT2D eigenvalue weighted by atomic mass is 10.2. The number of amides is 1. The number of anilines is 1. The number of aromatic nitrogens is 2. The lowest BCUT2D eigenvalue weighted by Gasteiger charge is -2.26. The van der Waals surface area contributed by atoms with Gasteiger partial charge in [-0.3, -0.25) is 10.1 Å². The van der Waals surface area contributed by atoms with E-state index in [1.165, 1.54) is 34.9 Å². The lowest BCUT2D eigenvalue weighted by molar-refractivity contribution is 0.101. The molecule has 12 heteroatoms. The van der Waals surface area contributed by atoms with E-state index in [0.717, 1.165) is 12.1 Å². The highest BCUT2D eigenvalue weighted by Crippen LogP contribution is 2.34. The Kier molecular flexibility index (Phi) is 5.30. The summed E-state index contributed by atoms with van der Waals surface area (Å²) in [6.45, 7) is 1.91. The fraction of sp³-hybridized carbons (Fsp3) is 0.278. The Hall–Kier alpha value is -2.83. The highest BCUT2D eigenvalue weighted by Gasteiger charge is 2.33. The summed E-state index contributed by atoms with van der Waals surface area (Å²) in [5.41, 5.74) is 0.840. The number of hydrogen-bond acceptors (Lipinski definition) is 8. The second-order valence-electron chi connectivity index (χ2n) is 6.55. The SMILES string of the molecule is COc1ccc(F)cc1S(=O)(=O)N1CCc2nc(NC(=O)c3cc(C)on3)sc2C1. The lowest BCUT2D eigenvalue weighted by Crippen LogP contribution is -2.35. The van der Waals surface area contributed by atoms with Gasteiger partial charge in [0.1, 0.15) is 22.2 Å². The number of fused-ring (bicyclic) bond motifs is 1. The molecule has 2 aromatic heterocycles. The van der Waals surface area contributed by atoms with Gasteiger partial charge in [-0.1, -0.05) is 5.16 Å². The van der Waals surface area contributed by atoms with Crippen molar-refractivity contribution >= 4 is 32.4 Å². The van der Waals surface area contributed by atoms with Crippen LogP contribution in [0.3, 0.4) is 0 Å². The van der Waals surface area contributed by atoms with E-state index < -0.39 is 21.7 Å². The maximum absolute atomic E-state index is 13.7. The average Bonchev–Trinajstić information content (AvgIpc) is 3.32. The predicted octanol–water partition coefficient (Wildman–Crippen LogP) is 2.59.